The number of rotatable bonds is 5. The molecule has 0 aromatic carbocycles. The van der Waals surface area contributed by atoms with Gasteiger partial charge >= 0.3 is 0 Å². The Morgan fingerprint density at radius 1 is 1.37 bits per heavy atom. The van der Waals surface area contributed by atoms with Crippen LogP contribution in [-0.4, -0.2) is 47.8 Å². The third kappa shape index (κ3) is 3.50. The van der Waals surface area contributed by atoms with Gasteiger partial charge in [0.05, 0.1) is 6.61 Å². The summed E-state index contributed by atoms with van der Waals surface area (Å²) in [6.07, 6.45) is 6.19. The minimum Gasteiger partial charge on any atom is -0.394 e. The van der Waals surface area contributed by atoms with Crippen LogP contribution >= 0.6 is 0 Å². The van der Waals surface area contributed by atoms with Crippen LogP contribution in [0.3, 0.4) is 0 Å². The molecule has 1 heterocycles. The first-order chi connectivity index (χ1) is 9.10. The zero-order valence-electron chi connectivity index (χ0n) is 13.0. The zero-order valence-corrected chi connectivity index (χ0v) is 13.0. The second kappa shape index (κ2) is 6.55. The molecular weight excluding hydrogens is 236 g/mol. The third-order valence-electron chi connectivity index (χ3n) is 5.39. The highest BCUT2D eigenvalue weighted by Crippen LogP contribution is 2.34. The number of hydrogen-bond acceptors (Lipinski definition) is 3. The highest BCUT2D eigenvalue weighted by molar-refractivity contribution is 4.97. The van der Waals surface area contributed by atoms with E-state index in [1.54, 1.807) is 0 Å². The number of aliphatic hydroxyl groups is 1. The first kappa shape index (κ1) is 15.3. The van der Waals surface area contributed by atoms with Gasteiger partial charge in [-0.2, -0.15) is 0 Å². The van der Waals surface area contributed by atoms with E-state index in [0.29, 0.717) is 12.6 Å². The van der Waals surface area contributed by atoms with Gasteiger partial charge in [-0.3, -0.25) is 0 Å². The highest BCUT2D eigenvalue weighted by Gasteiger charge is 2.39. The van der Waals surface area contributed by atoms with Gasteiger partial charge < -0.3 is 15.3 Å². The molecule has 3 heteroatoms. The SMILES string of the molecule is CCNC1(CO)CCCC(N2CCC(C(C)C)C2)C1. The molecule has 0 aromatic heterocycles. The van der Waals surface area contributed by atoms with E-state index in [2.05, 4.69) is 31.0 Å². The monoisotopic (exact) mass is 268 g/mol. The van der Waals surface area contributed by atoms with Crippen LogP contribution in [0.5, 0.6) is 0 Å². The van der Waals surface area contributed by atoms with Gasteiger partial charge in [0.2, 0.25) is 0 Å². The molecule has 1 aliphatic heterocycles. The maximum absolute atomic E-state index is 9.79. The van der Waals surface area contributed by atoms with Crippen molar-refractivity contribution >= 4 is 0 Å². The minimum atomic E-state index is -0.00637. The molecule has 2 N–H and O–H groups in total. The molecular formula is C16H32N2O. The van der Waals surface area contributed by atoms with Gasteiger partial charge in [-0.1, -0.05) is 20.8 Å². The van der Waals surface area contributed by atoms with Crippen molar-refractivity contribution in [2.45, 2.75) is 64.5 Å². The number of nitrogens with one attached hydrogen (secondary N) is 1. The molecule has 1 saturated carbocycles. The Labute approximate surface area is 118 Å². The summed E-state index contributed by atoms with van der Waals surface area (Å²) < 4.78 is 0. The fourth-order valence-corrected chi connectivity index (χ4v) is 4.07. The van der Waals surface area contributed by atoms with E-state index in [9.17, 15) is 5.11 Å². The van der Waals surface area contributed by atoms with Crippen LogP contribution in [0, 0.1) is 11.8 Å². The molecule has 0 bridgehead atoms. The number of aliphatic hydroxyl groups excluding tert-OH is 1. The van der Waals surface area contributed by atoms with Crippen LogP contribution in [0.4, 0.5) is 0 Å². The standard InChI is InChI=1S/C16H32N2O/c1-4-17-16(12-19)8-5-6-15(10-16)18-9-7-14(11-18)13(2)3/h13-15,17,19H,4-12H2,1-3H3. The molecule has 112 valence electrons. The van der Waals surface area contributed by atoms with Gasteiger partial charge in [-0.05, 0) is 57.0 Å². The third-order valence-corrected chi connectivity index (χ3v) is 5.39. The summed E-state index contributed by atoms with van der Waals surface area (Å²) in [5.41, 5.74) is -0.00637. The van der Waals surface area contributed by atoms with E-state index < -0.39 is 0 Å². The lowest BCUT2D eigenvalue weighted by Gasteiger charge is -2.43. The Hall–Kier alpha value is -0.120. The van der Waals surface area contributed by atoms with Gasteiger partial charge in [-0.25, -0.2) is 0 Å². The average molecular weight is 268 g/mol. The van der Waals surface area contributed by atoms with Crippen molar-refractivity contribution in [1.29, 1.82) is 0 Å². The van der Waals surface area contributed by atoms with Crippen molar-refractivity contribution in [2.75, 3.05) is 26.2 Å². The fourth-order valence-electron chi connectivity index (χ4n) is 4.07. The van der Waals surface area contributed by atoms with Gasteiger partial charge in [0.25, 0.3) is 0 Å². The second-order valence-electron chi connectivity index (χ2n) is 7.01. The molecule has 2 aliphatic rings. The predicted molar refractivity (Wildman–Crippen MR) is 80.3 cm³/mol. The Kier molecular flexibility index (Phi) is 5.27. The van der Waals surface area contributed by atoms with E-state index in [4.69, 9.17) is 0 Å². The molecule has 0 spiro atoms. The highest BCUT2D eigenvalue weighted by atomic mass is 16.3. The molecule has 0 radical (unpaired) electrons. The predicted octanol–water partition coefficient (Wildman–Crippen LogP) is 2.25. The van der Waals surface area contributed by atoms with E-state index in [1.165, 1.54) is 32.4 Å². The smallest absolute Gasteiger partial charge is 0.0613 e. The molecule has 3 unspecified atom stereocenters. The van der Waals surface area contributed by atoms with E-state index in [0.717, 1.165) is 31.2 Å². The van der Waals surface area contributed by atoms with Crippen LogP contribution in [0.25, 0.3) is 0 Å². The Balaban J connectivity index is 1.94. The molecule has 0 aromatic rings. The van der Waals surface area contributed by atoms with Crippen molar-refractivity contribution < 1.29 is 5.11 Å². The molecule has 3 atom stereocenters. The molecule has 1 saturated heterocycles. The number of nitrogens with zero attached hydrogens (tertiary/aromatic N) is 1. The Bertz CT molecular complexity index is 278. The van der Waals surface area contributed by atoms with Crippen LogP contribution < -0.4 is 5.32 Å². The minimum absolute atomic E-state index is 0.00637. The summed E-state index contributed by atoms with van der Waals surface area (Å²) in [6.45, 7) is 10.6. The molecule has 1 aliphatic carbocycles. The maximum Gasteiger partial charge on any atom is 0.0613 e. The van der Waals surface area contributed by atoms with Gasteiger partial charge in [0.1, 0.15) is 0 Å². The lowest BCUT2D eigenvalue weighted by molar-refractivity contribution is 0.0677. The van der Waals surface area contributed by atoms with Crippen LogP contribution in [0.2, 0.25) is 0 Å². The van der Waals surface area contributed by atoms with E-state index in [1.807, 2.05) is 0 Å². The van der Waals surface area contributed by atoms with Gasteiger partial charge in [0.15, 0.2) is 0 Å². The molecule has 2 rings (SSSR count). The van der Waals surface area contributed by atoms with Crippen molar-refractivity contribution in [1.82, 2.24) is 10.2 Å². The zero-order chi connectivity index (χ0) is 13.9. The van der Waals surface area contributed by atoms with Crippen molar-refractivity contribution in [3.8, 4) is 0 Å². The van der Waals surface area contributed by atoms with E-state index >= 15 is 0 Å². The summed E-state index contributed by atoms with van der Waals surface area (Å²) in [7, 11) is 0. The van der Waals surface area contributed by atoms with Crippen LogP contribution in [0.1, 0.15) is 52.9 Å². The first-order valence-electron chi connectivity index (χ1n) is 8.20. The Morgan fingerprint density at radius 3 is 2.74 bits per heavy atom. The van der Waals surface area contributed by atoms with Crippen LogP contribution in [0.15, 0.2) is 0 Å². The number of likely N-dealkylation sites (N-methyl/N-ethyl adjacent to an activating group) is 1. The average Bonchev–Trinajstić information content (AvgIpc) is 2.89. The summed E-state index contributed by atoms with van der Waals surface area (Å²) in [5.74, 6) is 1.69. The van der Waals surface area contributed by atoms with Crippen LogP contribution in [-0.2, 0) is 0 Å². The number of hydrogen-bond donors (Lipinski definition) is 2. The normalized spacial score (nSPS) is 37.1. The molecule has 2 fully saturated rings. The second-order valence-corrected chi connectivity index (χ2v) is 7.01. The quantitative estimate of drug-likeness (QED) is 0.803. The van der Waals surface area contributed by atoms with Gasteiger partial charge in [-0.15, -0.1) is 0 Å². The lowest BCUT2D eigenvalue weighted by atomic mass is 9.79. The largest absolute Gasteiger partial charge is 0.394 e. The maximum atomic E-state index is 9.79. The Morgan fingerprint density at radius 2 is 2.16 bits per heavy atom. The topological polar surface area (TPSA) is 35.5 Å². The van der Waals surface area contributed by atoms with E-state index in [-0.39, 0.29) is 5.54 Å². The lowest BCUT2D eigenvalue weighted by Crippen LogP contribution is -2.55. The fraction of sp³-hybridized carbons (Fsp3) is 1.00. The molecule has 0 amide bonds. The summed E-state index contributed by atoms with van der Waals surface area (Å²) in [6, 6.07) is 0.684. The van der Waals surface area contributed by atoms with Crippen molar-refractivity contribution in [3.63, 3.8) is 0 Å². The summed E-state index contributed by atoms with van der Waals surface area (Å²) >= 11 is 0. The number of likely N-dealkylation sites (tertiary alicyclic amines) is 1. The molecule has 19 heavy (non-hydrogen) atoms. The van der Waals surface area contributed by atoms with Crippen molar-refractivity contribution in [2.24, 2.45) is 11.8 Å². The van der Waals surface area contributed by atoms with Gasteiger partial charge in [0, 0.05) is 18.1 Å². The first-order valence-corrected chi connectivity index (χ1v) is 8.20. The summed E-state index contributed by atoms with van der Waals surface area (Å²) in [4.78, 5) is 2.70. The van der Waals surface area contributed by atoms with Crippen molar-refractivity contribution in [3.05, 3.63) is 0 Å². The molecule has 3 nitrogen and oxygen atoms in total. The summed E-state index contributed by atoms with van der Waals surface area (Å²) in [5, 5.41) is 13.4.